The second-order valence-electron chi connectivity index (χ2n) is 6.90. The van der Waals surface area contributed by atoms with E-state index in [0.717, 1.165) is 0 Å². The van der Waals surface area contributed by atoms with Crippen molar-refractivity contribution in [3.8, 4) is 0 Å². The first-order valence-electron chi connectivity index (χ1n) is 8.21. The SMILES string of the molecule is NC(=O)C(CCCC(F)(F)C(F)(F)C(F)(F)C(F)(F)F)CC(F)(F)C(F)(F)C(F)(F)C(F)(F)F. The van der Waals surface area contributed by atoms with Gasteiger partial charge in [-0.3, -0.25) is 4.79 Å². The molecule has 0 aromatic carbocycles. The third kappa shape index (κ3) is 5.54. The van der Waals surface area contributed by atoms with Crippen molar-refractivity contribution in [1.82, 2.24) is 0 Å². The van der Waals surface area contributed by atoms with Gasteiger partial charge in [0.15, 0.2) is 0 Å². The molecule has 2 nitrogen and oxygen atoms in total. The molecular formula is C14H11F18NO. The van der Waals surface area contributed by atoms with Crippen LogP contribution in [0.25, 0.3) is 0 Å². The Morgan fingerprint density at radius 2 is 0.882 bits per heavy atom. The summed E-state index contributed by atoms with van der Waals surface area (Å²) >= 11 is 0. The Morgan fingerprint density at radius 1 is 0.559 bits per heavy atom. The van der Waals surface area contributed by atoms with Gasteiger partial charge >= 0.3 is 47.9 Å². The average molecular weight is 551 g/mol. The quantitative estimate of drug-likeness (QED) is 0.290. The third-order valence-corrected chi connectivity index (χ3v) is 4.37. The fraction of sp³-hybridized carbons (Fsp3) is 0.929. The largest absolute Gasteiger partial charge is 0.460 e. The van der Waals surface area contributed by atoms with Crippen molar-refractivity contribution in [2.24, 2.45) is 11.7 Å². The van der Waals surface area contributed by atoms with E-state index in [0.29, 0.717) is 0 Å². The van der Waals surface area contributed by atoms with Crippen molar-refractivity contribution in [3.63, 3.8) is 0 Å². The van der Waals surface area contributed by atoms with Gasteiger partial charge in [0.25, 0.3) is 0 Å². The molecule has 1 amide bonds. The fourth-order valence-electron chi connectivity index (χ4n) is 2.33. The normalized spacial score (nSPS) is 16.5. The molecular weight excluding hydrogens is 540 g/mol. The summed E-state index contributed by atoms with van der Waals surface area (Å²) in [5.74, 6) is -47.1. The van der Waals surface area contributed by atoms with Crippen molar-refractivity contribution < 1.29 is 83.8 Å². The average Bonchev–Trinajstić information content (AvgIpc) is 2.57. The molecule has 1 unspecified atom stereocenters. The predicted molar refractivity (Wildman–Crippen MR) is 72.9 cm³/mol. The van der Waals surface area contributed by atoms with Crippen LogP contribution in [0.3, 0.4) is 0 Å². The van der Waals surface area contributed by atoms with Crippen LogP contribution >= 0.6 is 0 Å². The molecule has 0 aliphatic carbocycles. The number of amides is 1. The van der Waals surface area contributed by atoms with Crippen LogP contribution in [0, 0.1) is 5.92 Å². The van der Waals surface area contributed by atoms with Gasteiger partial charge in [-0.1, -0.05) is 0 Å². The lowest BCUT2D eigenvalue weighted by Crippen LogP contribution is -2.61. The van der Waals surface area contributed by atoms with Crippen molar-refractivity contribution in [2.75, 3.05) is 0 Å². The Labute approximate surface area is 176 Å². The minimum absolute atomic E-state index is 1.80. The fourth-order valence-corrected chi connectivity index (χ4v) is 2.33. The molecule has 0 spiro atoms. The molecule has 0 saturated heterocycles. The minimum Gasteiger partial charge on any atom is -0.369 e. The Balaban J connectivity index is 5.69. The summed E-state index contributed by atoms with van der Waals surface area (Å²) < 4.78 is 229. The first-order chi connectivity index (χ1) is 14.5. The van der Waals surface area contributed by atoms with E-state index < -0.39 is 85.4 Å². The van der Waals surface area contributed by atoms with Crippen LogP contribution in [-0.4, -0.2) is 53.8 Å². The van der Waals surface area contributed by atoms with E-state index in [1.807, 2.05) is 0 Å². The summed E-state index contributed by atoms with van der Waals surface area (Å²) in [6, 6.07) is 0. The number of nitrogens with two attached hydrogens (primary N) is 1. The number of rotatable bonds is 11. The molecule has 0 bridgehead atoms. The van der Waals surface area contributed by atoms with E-state index in [2.05, 4.69) is 5.73 Å². The topological polar surface area (TPSA) is 43.1 Å². The molecule has 34 heavy (non-hydrogen) atoms. The Morgan fingerprint density at radius 3 is 1.18 bits per heavy atom. The summed E-state index contributed by atoms with van der Waals surface area (Å²) in [5.41, 5.74) is 4.41. The number of carbonyl (C=O) groups is 1. The molecule has 0 radical (unpaired) electrons. The maximum absolute atomic E-state index is 13.5. The van der Waals surface area contributed by atoms with Crippen molar-refractivity contribution >= 4 is 5.91 Å². The van der Waals surface area contributed by atoms with Crippen LogP contribution in [0.5, 0.6) is 0 Å². The van der Waals surface area contributed by atoms with E-state index in [9.17, 15) is 83.8 Å². The van der Waals surface area contributed by atoms with Crippen LogP contribution in [0.15, 0.2) is 0 Å². The van der Waals surface area contributed by atoms with E-state index >= 15 is 0 Å². The Bertz CT molecular complexity index is 721. The molecule has 0 aliphatic heterocycles. The summed E-state index contributed by atoms with van der Waals surface area (Å²) in [6.45, 7) is 0. The molecule has 2 N–H and O–H groups in total. The second-order valence-corrected chi connectivity index (χ2v) is 6.90. The third-order valence-electron chi connectivity index (χ3n) is 4.37. The smallest absolute Gasteiger partial charge is 0.369 e. The van der Waals surface area contributed by atoms with Gasteiger partial charge in [-0.05, 0) is 12.8 Å². The molecule has 1 atom stereocenters. The lowest BCUT2D eigenvalue weighted by Gasteiger charge is -2.35. The monoisotopic (exact) mass is 551 g/mol. The standard InChI is InChI=1S/C14H11F18NO/c15-7(16,9(19,20)11(23,24)13(27,28)29)3-1-2-5(6(33)34)4-8(17,18)10(21,22)12(25,26)14(30,31)32/h5H,1-4H2,(H2,33,34). The summed E-state index contributed by atoms with van der Waals surface area (Å²) in [4.78, 5) is 11.0. The van der Waals surface area contributed by atoms with Crippen molar-refractivity contribution in [2.45, 2.75) is 73.6 Å². The predicted octanol–water partition coefficient (Wildman–Crippen LogP) is 6.58. The highest BCUT2D eigenvalue weighted by Crippen LogP contribution is 2.56. The number of hydrogen-bond acceptors (Lipinski definition) is 1. The molecule has 0 heterocycles. The minimum atomic E-state index is -7.40. The highest BCUT2D eigenvalue weighted by Gasteiger charge is 2.82. The Kier molecular flexibility index (Phi) is 8.54. The van der Waals surface area contributed by atoms with Gasteiger partial charge in [0.05, 0.1) is 0 Å². The number of halogens is 18. The zero-order valence-electron chi connectivity index (χ0n) is 15.7. The first kappa shape index (κ1) is 32.2. The highest BCUT2D eigenvalue weighted by molar-refractivity contribution is 5.76. The number of primary amides is 1. The van der Waals surface area contributed by atoms with E-state index in [4.69, 9.17) is 0 Å². The van der Waals surface area contributed by atoms with Crippen molar-refractivity contribution in [1.29, 1.82) is 0 Å². The first-order valence-corrected chi connectivity index (χ1v) is 8.21. The number of carbonyl (C=O) groups excluding carboxylic acids is 1. The molecule has 0 saturated carbocycles. The van der Waals surface area contributed by atoms with Gasteiger partial charge in [-0.25, -0.2) is 0 Å². The maximum atomic E-state index is 13.5. The summed E-state index contributed by atoms with van der Waals surface area (Å²) in [7, 11) is 0. The number of alkyl halides is 18. The molecule has 0 aromatic rings. The molecule has 0 rings (SSSR count). The molecule has 20 heteroatoms. The van der Waals surface area contributed by atoms with Gasteiger partial charge in [-0.15, -0.1) is 0 Å². The van der Waals surface area contributed by atoms with Gasteiger partial charge in [0.2, 0.25) is 5.91 Å². The van der Waals surface area contributed by atoms with Crippen LogP contribution in [-0.2, 0) is 4.79 Å². The van der Waals surface area contributed by atoms with Crippen LogP contribution in [0.4, 0.5) is 79.0 Å². The van der Waals surface area contributed by atoms with Gasteiger partial charge < -0.3 is 5.73 Å². The van der Waals surface area contributed by atoms with Gasteiger partial charge in [0, 0.05) is 18.8 Å². The van der Waals surface area contributed by atoms with Gasteiger partial charge in [0.1, 0.15) is 0 Å². The highest BCUT2D eigenvalue weighted by atomic mass is 19.4. The van der Waals surface area contributed by atoms with E-state index in [1.54, 1.807) is 0 Å². The van der Waals surface area contributed by atoms with Crippen LogP contribution in [0.2, 0.25) is 0 Å². The lowest BCUT2D eigenvalue weighted by molar-refractivity contribution is -0.397. The molecule has 0 fully saturated rings. The Hall–Kier alpha value is -1.79. The second kappa shape index (κ2) is 9.02. The molecule has 0 aliphatic rings. The number of hydrogen-bond donors (Lipinski definition) is 1. The van der Waals surface area contributed by atoms with Gasteiger partial charge in [-0.2, -0.15) is 79.0 Å². The van der Waals surface area contributed by atoms with E-state index in [1.165, 1.54) is 0 Å². The molecule has 204 valence electrons. The van der Waals surface area contributed by atoms with Crippen LogP contribution in [0.1, 0.15) is 25.7 Å². The molecule has 0 aromatic heterocycles. The zero-order chi connectivity index (χ0) is 28.0. The van der Waals surface area contributed by atoms with Crippen LogP contribution < -0.4 is 5.73 Å². The van der Waals surface area contributed by atoms with E-state index in [-0.39, 0.29) is 0 Å². The summed E-state index contributed by atoms with van der Waals surface area (Å²) in [5, 5.41) is 0. The van der Waals surface area contributed by atoms with Crippen molar-refractivity contribution in [3.05, 3.63) is 0 Å². The maximum Gasteiger partial charge on any atom is 0.460 e. The summed E-state index contributed by atoms with van der Waals surface area (Å²) in [6.07, 6.45) is -23.9. The lowest BCUT2D eigenvalue weighted by atomic mass is 9.88. The zero-order valence-corrected chi connectivity index (χ0v) is 15.7.